The van der Waals surface area contributed by atoms with Crippen LogP contribution in [0.1, 0.15) is 35.9 Å². The van der Waals surface area contributed by atoms with Crippen LogP contribution < -0.4 is 15.4 Å². The Morgan fingerprint density at radius 1 is 1.13 bits per heavy atom. The number of halogens is 1. The van der Waals surface area contributed by atoms with Gasteiger partial charge in [-0.2, -0.15) is 0 Å². The number of aliphatic imine (C=N–C) groups is 1. The molecule has 0 amide bonds. The van der Waals surface area contributed by atoms with Crippen molar-refractivity contribution in [2.24, 2.45) is 4.99 Å². The average molecular weight is 536 g/mol. The predicted octanol–water partition coefficient (Wildman–Crippen LogP) is 5.20. The van der Waals surface area contributed by atoms with E-state index in [-0.39, 0.29) is 24.0 Å². The van der Waals surface area contributed by atoms with Gasteiger partial charge in [0.1, 0.15) is 12.4 Å². The minimum absolute atomic E-state index is 0. The van der Waals surface area contributed by atoms with Gasteiger partial charge in [-0.25, -0.2) is 4.99 Å². The maximum Gasteiger partial charge on any atom is 0.191 e. The molecule has 1 aromatic carbocycles. The Balaban J connectivity index is 0.00000320. The first kappa shape index (κ1) is 24.1. The molecule has 3 rings (SSSR count). The zero-order valence-corrected chi connectivity index (χ0v) is 20.5. The molecule has 2 aromatic heterocycles. The molecular weight excluding hydrogens is 507 g/mol. The molecule has 7 heteroatoms. The monoisotopic (exact) mass is 536 g/mol. The maximum atomic E-state index is 5.87. The summed E-state index contributed by atoms with van der Waals surface area (Å²) in [6.07, 6.45) is 1.78. The van der Waals surface area contributed by atoms with Crippen molar-refractivity contribution in [3.63, 3.8) is 0 Å². The zero-order chi connectivity index (χ0) is 20.3. The van der Waals surface area contributed by atoms with Gasteiger partial charge in [-0.05, 0) is 48.2 Å². The van der Waals surface area contributed by atoms with Crippen LogP contribution in [0.5, 0.6) is 5.75 Å². The highest BCUT2D eigenvalue weighted by Gasteiger charge is 2.07. The Morgan fingerprint density at radius 3 is 2.77 bits per heavy atom. The van der Waals surface area contributed by atoms with Gasteiger partial charge in [0.15, 0.2) is 5.96 Å². The van der Waals surface area contributed by atoms with Crippen molar-refractivity contribution < 1.29 is 4.74 Å². The molecule has 0 saturated heterocycles. The molecule has 0 bridgehead atoms. The Morgan fingerprint density at radius 2 is 2.03 bits per heavy atom. The van der Waals surface area contributed by atoms with Crippen molar-refractivity contribution in [2.75, 3.05) is 13.1 Å². The number of pyridine rings is 1. The first-order valence-corrected chi connectivity index (χ1v) is 10.8. The largest absolute Gasteiger partial charge is 0.487 e. The summed E-state index contributed by atoms with van der Waals surface area (Å²) in [4.78, 5) is 10.4. The van der Waals surface area contributed by atoms with Gasteiger partial charge in [0.25, 0.3) is 0 Å². The van der Waals surface area contributed by atoms with E-state index in [1.54, 1.807) is 17.5 Å². The molecule has 2 N–H and O–H groups in total. The van der Waals surface area contributed by atoms with Crippen LogP contribution >= 0.6 is 35.3 Å². The van der Waals surface area contributed by atoms with Crippen LogP contribution in [0.3, 0.4) is 0 Å². The fourth-order valence-electron chi connectivity index (χ4n) is 2.81. The standard InChI is InChI=1S/C23H28N4OS.HI/c1-3-24-23(26-15-18(2)22-11-7-13-29-22)27-16-19-8-6-10-21(14-19)28-17-20-9-4-5-12-25-20;/h4-14,18H,3,15-17H2,1-2H3,(H2,24,26,27);1H. The van der Waals surface area contributed by atoms with Gasteiger partial charge in [-0.3, -0.25) is 4.98 Å². The lowest BCUT2D eigenvalue weighted by Gasteiger charge is -2.15. The van der Waals surface area contributed by atoms with E-state index in [0.29, 0.717) is 19.1 Å². The number of nitrogens with one attached hydrogen (secondary N) is 2. The number of benzene rings is 1. The van der Waals surface area contributed by atoms with Crippen molar-refractivity contribution in [3.05, 3.63) is 82.3 Å². The topological polar surface area (TPSA) is 58.5 Å². The summed E-state index contributed by atoms with van der Waals surface area (Å²) in [5.41, 5.74) is 2.02. The van der Waals surface area contributed by atoms with Crippen LogP contribution in [0, 0.1) is 0 Å². The Labute approximate surface area is 200 Å². The van der Waals surface area contributed by atoms with Gasteiger partial charge in [-0.1, -0.05) is 31.2 Å². The summed E-state index contributed by atoms with van der Waals surface area (Å²) < 4.78 is 5.87. The van der Waals surface area contributed by atoms with Gasteiger partial charge in [0.2, 0.25) is 0 Å². The molecule has 1 unspecified atom stereocenters. The fraction of sp³-hybridized carbons (Fsp3) is 0.304. The van der Waals surface area contributed by atoms with Gasteiger partial charge >= 0.3 is 0 Å². The minimum atomic E-state index is 0. The summed E-state index contributed by atoms with van der Waals surface area (Å²) >= 11 is 1.79. The summed E-state index contributed by atoms with van der Waals surface area (Å²) in [5.74, 6) is 2.10. The maximum absolute atomic E-state index is 5.87. The van der Waals surface area contributed by atoms with Crippen molar-refractivity contribution in [3.8, 4) is 5.75 Å². The van der Waals surface area contributed by atoms with Gasteiger partial charge < -0.3 is 15.4 Å². The Bertz CT molecular complexity index is 887. The number of ether oxygens (including phenoxy) is 1. The van der Waals surface area contributed by atoms with Crippen molar-refractivity contribution >= 4 is 41.3 Å². The van der Waals surface area contributed by atoms with Crippen LogP contribution in [0.4, 0.5) is 0 Å². The minimum Gasteiger partial charge on any atom is -0.487 e. The van der Waals surface area contributed by atoms with Crippen LogP contribution in [0.15, 0.2) is 71.2 Å². The average Bonchev–Trinajstić information content (AvgIpc) is 3.30. The van der Waals surface area contributed by atoms with E-state index < -0.39 is 0 Å². The van der Waals surface area contributed by atoms with E-state index >= 15 is 0 Å². The second kappa shape index (κ2) is 13.2. The summed E-state index contributed by atoms with van der Waals surface area (Å²) in [5, 5.41) is 8.88. The van der Waals surface area contributed by atoms with Gasteiger partial charge in [-0.15, -0.1) is 35.3 Å². The molecule has 1 atom stereocenters. The van der Waals surface area contributed by atoms with E-state index in [1.807, 2.05) is 36.4 Å². The lowest BCUT2D eigenvalue weighted by molar-refractivity contribution is 0.301. The predicted molar refractivity (Wildman–Crippen MR) is 136 cm³/mol. The molecular formula is C23H29IN4OS. The first-order valence-electron chi connectivity index (χ1n) is 9.92. The van der Waals surface area contributed by atoms with E-state index in [4.69, 9.17) is 9.73 Å². The molecule has 0 radical (unpaired) electrons. The lowest BCUT2D eigenvalue weighted by atomic mass is 10.1. The number of hydrogen-bond acceptors (Lipinski definition) is 4. The summed E-state index contributed by atoms with van der Waals surface area (Å²) in [6, 6.07) is 18.2. The van der Waals surface area contributed by atoms with Crippen molar-refractivity contribution in [1.82, 2.24) is 15.6 Å². The number of thiophene rings is 1. The molecule has 0 fully saturated rings. The lowest BCUT2D eigenvalue weighted by Crippen LogP contribution is -2.39. The summed E-state index contributed by atoms with van der Waals surface area (Å²) in [7, 11) is 0. The van der Waals surface area contributed by atoms with Crippen molar-refractivity contribution in [2.45, 2.75) is 32.9 Å². The van der Waals surface area contributed by atoms with E-state index in [9.17, 15) is 0 Å². The molecule has 0 aliphatic carbocycles. The number of hydrogen-bond donors (Lipinski definition) is 2. The van der Waals surface area contributed by atoms with Crippen LogP contribution in [-0.4, -0.2) is 24.0 Å². The smallest absolute Gasteiger partial charge is 0.191 e. The molecule has 0 saturated carbocycles. The Kier molecular flexibility index (Phi) is 10.6. The third kappa shape index (κ3) is 7.95. The van der Waals surface area contributed by atoms with E-state index in [1.165, 1.54) is 4.88 Å². The van der Waals surface area contributed by atoms with Crippen LogP contribution in [0.2, 0.25) is 0 Å². The van der Waals surface area contributed by atoms with Crippen molar-refractivity contribution in [1.29, 1.82) is 0 Å². The molecule has 0 aliphatic heterocycles. The molecule has 160 valence electrons. The second-order valence-electron chi connectivity index (χ2n) is 6.75. The van der Waals surface area contributed by atoms with Gasteiger partial charge in [0.05, 0.1) is 12.2 Å². The number of aromatic nitrogens is 1. The third-order valence-electron chi connectivity index (χ3n) is 4.38. The normalized spacial score (nSPS) is 12.0. The molecule has 3 aromatic rings. The highest BCUT2D eigenvalue weighted by Crippen LogP contribution is 2.19. The SMILES string of the molecule is CCNC(=NCc1cccc(OCc2ccccn2)c1)NCC(C)c1cccs1.I. The first-order chi connectivity index (χ1) is 14.2. The van der Waals surface area contributed by atoms with Gasteiger partial charge in [0, 0.05) is 30.1 Å². The summed E-state index contributed by atoms with van der Waals surface area (Å²) in [6.45, 7) is 7.02. The fourth-order valence-corrected chi connectivity index (χ4v) is 3.60. The second-order valence-corrected chi connectivity index (χ2v) is 7.73. The third-order valence-corrected chi connectivity index (χ3v) is 5.48. The number of rotatable bonds is 9. The zero-order valence-electron chi connectivity index (χ0n) is 17.4. The van der Waals surface area contributed by atoms with Crippen LogP contribution in [-0.2, 0) is 13.2 Å². The quantitative estimate of drug-likeness (QED) is 0.224. The number of nitrogens with zero attached hydrogens (tertiary/aromatic N) is 2. The Hall–Kier alpha value is -2.13. The van der Waals surface area contributed by atoms with E-state index in [0.717, 1.165) is 36.1 Å². The number of guanidine groups is 1. The molecule has 0 spiro atoms. The molecule has 30 heavy (non-hydrogen) atoms. The van der Waals surface area contributed by atoms with Crippen LogP contribution in [0.25, 0.3) is 0 Å². The highest BCUT2D eigenvalue weighted by molar-refractivity contribution is 14.0. The van der Waals surface area contributed by atoms with E-state index in [2.05, 4.69) is 53.0 Å². The molecule has 2 heterocycles. The molecule has 0 aliphatic rings. The highest BCUT2D eigenvalue weighted by atomic mass is 127. The molecule has 5 nitrogen and oxygen atoms in total.